The van der Waals surface area contributed by atoms with E-state index in [-0.39, 0.29) is 0 Å². The number of benzene rings is 8. The average Bonchev–Trinajstić information content (AvgIpc) is 4.08. The fourth-order valence-corrected chi connectivity index (χ4v) is 9.93. The molecule has 0 saturated heterocycles. The van der Waals surface area contributed by atoms with Crippen LogP contribution in [-0.2, 0) is 0 Å². The number of hydrogen-bond acceptors (Lipinski definition) is 5. The maximum atomic E-state index is 6.67. The summed E-state index contributed by atoms with van der Waals surface area (Å²) in [5, 5.41) is 5.06. The van der Waals surface area contributed by atoms with Crippen LogP contribution in [0.1, 0.15) is 18.1 Å². The first-order chi connectivity index (χ1) is 31.5. The van der Waals surface area contributed by atoms with E-state index in [4.69, 9.17) is 4.74 Å². The molecule has 0 amide bonds. The van der Waals surface area contributed by atoms with Gasteiger partial charge in [0.15, 0.2) is 0 Å². The van der Waals surface area contributed by atoms with Crippen molar-refractivity contribution < 1.29 is 4.74 Å². The first-order valence-electron chi connectivity index (χ1n) is 21.9. The van der Waals surface area contributed by atoms with Crippen LogP contribution in [0.4, 0.5) is 11.4 Å². The standard InChI is InChI=1S/C57H46N6O/c1-39-57(41-28-32-43(33-29-41)63-54-24-10-6-20-50(54)51-21-7-11-25-55(51)63)61(38-59(39)3)45-15-13-17-47(35-45)64-46-16-12-14-44(34-46)60-37-58(2)36-56(60)40-26-30-42(31-27-40)62-52-22-8-4-18-48(52)49-19-5-9-23-53(49)62/h4-36H,37-38H2,1-3H3. The Bertz CT molecular complexity index is 3380. The van der Waals surface area contributed by atoms with Gasteiger partial charge in [0.2, 0.25) is 0 Å². The molecular weight excluding hydrogens is 785 g/mol. The molecule has 2 aromatic heterocycles. The molecule has 0 unspecified atom stereocenters. The van der Waals surface area contributed by atoms with Gasteiger partial charge in [-0.15, -0.1) is 0 Å². The highest BCUT2D eigenvalue weighted by Crippen LogP contribution is 2.40. The third-order valence-corrected chi connectivity index (χ3v) is 13.0. The predicted octanol–water partition coefficient (Wildman–Crippen LogP) is 13.5. The number of rotatable bonds is 8. The SMILES string of the molecule is CC1=C(c2ccc(-n3c4ccccc4c4ccccc43)cc2)N(c2cccc(Oc3cccc(N4CN(C)C=C4c4ccc(-n5c6ccccc6c6ccccc65)cc4)c3)c2)CN1C. The van der Waals surface area contributed by atoms with Gasteiger partial charge in [-0.25, -0.2) is 0 Å². The van der Waals surface area contributed by atoms with Gasteiger partial charge in [-0.2, -0.15) is 0 Å². The molecule has 7 nitrogen and oxygen atoms in total. The molecule has 0 N–H and O–H groups in total. The van der Waals surface area contributed by atoms with Crippen LogP contribution in [0.3, 0.4) is 0 Å². The van der Waals surface area contributed by atoms with Crippen LogP contribution in [0.25, 0.3) is 66.4 Å². The molecule has 310 valence electrons. The molecule has 2 aliphatic heterocycles. The first-order valence-corrected chi connectivity index (χ1v) is 21.9. The van der Waals surface area contributed by atoms with E-state index in [0.717, 1.165) is 58.8 Å². The lowest BCUT2D eigenvalue weighted by Gasteiger charge is -2.24. The van der Waals surface area contributed by atoms with E-state index < -0.39 is 0 Å². The van der Waals surface area contributed by atoms with E-state index >= 15 is 0 Å². The summed E-state index contributed by atoms with van der Waals surface area (Å²) in [6, 6.07) is 69.5. The summed E-state index contributed by atoms with van der Waals surface area (Å²) in [5.74, 6) is 1.58. The second kappa shape index (κ2) is 15.0. The minimum absolute atomic E-state index is 0.736. The van der Waals surface area contributed by atoms with Gasteiger partial charge in [-0.3, -0.25) is 0 Å². The molecule has 10 aromatic rings. The molecular formula is C57H46N6O. The van der Waals surface area contributed by atoms with Crippen LogP contribution in [-0.4, -0.2) is 46.4 Å². The molecule has 7 heteroatoms. The van der Waals surface area contributed by atoms with E-state index in [0.29, 0.717) is 0 Å². The number of hydrogen-bond donors (Lipinski definition) is 0. The number of ether oxygens (including phenoxy) is 1. The maximum absolute atomic E-state index is 6.67. The molecule has 0 saturated carbocycles. The van der Waals surface area contributed by atoms with E-state index in [1.807, 2.05) is 12.1 Å². The van der Waals surface area contributed by atoms with E-state index in [2.05, 4.69) is 238 Å². The molecule has 0 aliphatic carbocycles. The molecule has 64 heavy (non-hydrogen) atoms. The van der Waals surface area contributed by atoms with Crippen molar-refractivity contribution in [3.63, 3.8) is 0 Å². The van der Waals surface area contributed by atoms with Crippen molar-refractivity contribution in [2.24, 2.45) is 0 Å². The van der Waals surface area contributed by atoms with E-state index in [9.17, 15) is 0 Å². The lowest BCUT2D eigenvalue weighted by Crippen LogP contribution is -2.24. The Hall–Kier alpha value is -8.16. The summed E-state index contributed by atoms with van der Waals surface area (Å²) in [6.07, 6.45) is 2.23. The third kappa shape index (κ3) is 6.19. The quantitative estimate of drug-likeness (QED) is 0.152. The summed E-state index contributed by atoms with van der Waals surface area (Å²) >= 11 is 0. The summed E-state index contributed by atoms with van der Waals surface area (Å²) in [5.41, 5.74) is 15.2. The fourth-order valence-electron chi connectivity index (χ4n) is 9.93. The number of fused-ring (bicyclic) bond motifs is 6. The van der Waals surface area contributed by atoms with Crippen LogP contribution in [0.15, 0.2) is 206 Å². The van der Waals surface area contributed by atoms with Crippen LogP contribution in [0.5, 0.6) is 11.5 Å². The predicted molar refractivity (Wildman–Crippen MR) is 265 cm³/mol. The van der Waals surface area contributed by atoms with Gasteiger partial charge in [-0.05, 0) is 85.3 Å². The molecule has 0 fully saturated rings. The molecule has 2 aliphatic rings. The smallest absolute Gasteiger partial charge is 0.129 e. The minimum Gasteiger partial charge on any atom is -0.457 e. The normalized spacial score (nSPS) is 14.3. The van der Waals surface area contributed by atoms with Crippen LogP contribution in [0, 0.1) is 0 Å². The first kappa shape index (κ1) is 37.6. The van der Waals surface area contributed by atoms with Crippen molar-refractivity contribution in [3.05, 3.63) is 217 Å². The Labute approximate surface area is 372 Å². The summed E-state index contributed by atoms with van der Waals surface area (Å²) in [7, 11) is 4.28. The number of nitrogens with zero attached hydrogens (tertiary/aromatic N) is 6. The van der Waals surface area contributed by atoms with Gasteiger partial charge in [0.1, 0.15) is 11.5 Å². The summed E-state index contributed by atoms with van der Waals surface area (Å²) in [4.78, 5) is 9.28. The van der Waals surface area contributed by atoms with Crippen molar-refractivity contribution in [2.45, 2.75) is 6.92 Å². The van der Waals surface area contributed by atoms with Gasteiger partial charge < -0.3 is 33.5 Å². The molecule has 0 atom stereocenters. The van der Waals surface area contributed by atoms with E-state index in [1.54, 1.807) is 0 Å². The second-order valence-electron chi connectivity index (χ2n) is 17.0. The van der Waals surface area contributed by atoms with Crippen LogP contribution < -0.4 is 14.5 Å². The highest BCUT2D eigenvalue weighted by atomic mass is 16.5. The highest BCUT2D eigenvalue weighted by Gasteiger charge is 2.27. The molecule has 0 radical (unpaired) electrons. The van der Waals surface area contributed by atoms with Crippen molar-refractivity contribution in [1.82, 2.24) is 18.9 Å². The molecule has 12 rings (SSSR count). The summed E-state index contributed by atoms with van der Waals surface area (Å²) in [6.45, 7) is 3.69. The molecule has 4 heterocycles. The fraction of sp³-hybridized carbons (Fsp3) is 0.0877. The zero-order valence-corrected chi connectivity index (χ0v) is 36.1. The number of anilines is 2. The zero-order chi connectivity index (χ0) is 42.9. The van der Waals surface area contributed by atoms with E-state index in [1.165, 1.54) is 60.6 Å². The lowest BCUT2D eigenvalue weighted by atomic mass is 10.1. The Morgan fingerprint density at radius 3 is 1.33 bits per heavy atom. The van der Waals surface area contributed by atoms with Crippen molar-refractivity contribution in [1.29, 1.82) is 0 Å². The van der Waals surface area contributed by atoms with Gasteiger partial charge in [-0.1, -0.05) is 109 Å². The topological polar surface area (TPSA) is 32.1 Å². The Kier molecular flexibility index (Phi) is 8.83. The molecule has 0 bridgehead atoms. The lowest BCUT2D eigenvalue weighted by molar-refractivity contribution is 0.459. The third-order valence-electron chi connectivity index (χ3n) is 13.0. The average molecular weight is 831 g/mol. The minimum atomic E-state index is 0.736. The molecule has 0 spiro atoms. The van der Waals surface area contributed by atoms with Crippen LogP contribution in [0.2, 0.25) is 0 Å². The molecule has 8 aromatic carbocycles. The van der Waals surface area contributed by atoms with Crippen molar-refractivity contribution >= 4 is 66.4 Å². The van der Waals surface area contributed by atoms with Crippen molar-refractivity contribution in [3.8, 4) is 22.9 Å². The van der Waals surface area contributed by atoms with Gasteiger partial charge >= 0.3 is 0 Å². The number of allylic oxidation sites excluding steroid dienone is 1. The maximum Gasteiger partial charge on any atom is 0.129 e. The van der Waals surface area contributed by atoms with Gasteiger partial charge in [0, 0.05) is 88.0 Å². The Balaban J connectivity index is 0.801. The second-order valence-corrected chi connectivity index (χ2v) is 17.0. The Morgan fingerprint density at radius 2 is 0.844 bits per heavy atom. The van der Waals surface area contributed by atoms with Crippen molar-refractivity contribution in [2.75, 3.05) is 37.2 Å². The number of aromatic nitrogens is 2. The zero-order valence-electron chi connectivity index (χ0n) is 36.1. The largest absolute Gasteiger partial charge is 0.457 e. The summed E-state index contributed by atoms with van der Waals surface area (Å²) < 4.78 is 11.4. The van der Waals surface area contributed by atoms with Crippen LogP contribution >= 0.6 is 0 Å². The van der Waals surface area contributed by atoms with Gasteiger partial charge in [0.05, 0.1) is 46.8 Å². The highest BCUT2D eigenvalue weighted by molar-refractivity contribution is 6.10. The number of para-hydroxylation sites is 4. The Morgan fingerprint density at radius 1 is 0.406 bits per heavy atom. The van der Waals surface area contributed by atoms with Gasteiger partial charge in [0.25, 0.3) is 0 Å². The monoisotopic (exact) mass is 830 g/mol.